The molecule has 2 aromatic rings. The quantitative estimate of drug-likeness (QED) is 0.582. The molecule has 22 heavy (non-hydrogen) atoms. The van der Waals surface area contributed by atoms with Crippen LogP contribution in [0.1, 0.15) is 26.3 Å². The van der Waals surface area contributed by atoms with Crippen molar-refractivity contribution in [3.8, 4) is 11.5 Å². The molecular weight excluding hydrogens is 344 g/mol. The summed E-state index contributed by atoms with van der Waals surface area (Å²) in [6.07, 6.45) is 0. The minimum Gasteiger partial charge on any atom is -0.481 e. The van der Waals surface area contributed by atoms with Crippen LogP contribution in [0.2, 0.25) is 0 Å². The average Bonchev–Trinajstić information content (AvgIpc) is 2.46. The molecule has 0 N–H and O–H groups in total. The molecule has 4 heteroatoms. The molecule has 116 valence electrons. The Labute approximate surface area is 139 Å². The molecule has 0 spiro atoms. The van der Waals surface area contributed by atoms with E-state index >= 15 is 0 Å². The Kier molecular flexibility index (Phi) is 5.24. The zero-order valence-corrected chi connectivity index (χ0v) is 14.5. The first-order chi connectivity index (χ1) is 10.4. The van der Waals surface area contributed by atoms with Gasteiger partial charge in [0.1, 0.15) is 11.5 Å². The molecule has 0 aliphatic carbocycles. The third kappa shape index (κ3) is 4.34. The van der Waals surface area contributed by atoms with Gasteiger partial charge in [-0.05, 0) is 39.5 Å². The maximum Gasteiger partial charge on any atom is 0.349 e. The van der Waals surface area contributed by atoms with Gasteiger partial charge in [-0.2, -0.15) is 0 Å². The number of benzene rings is 2. The summed E-state index contributed by atoms with van der Waals surface area (Å²) < 4.78 is 11.7. The number of para-hydroxylation sites is 2. The number of rotatable bonds is 4. The standard InChI is InChI=1S/C18H19BrO3/c1-18(2,3)13-8-4-6-10-15(13)22-17(20)12-21-16-11-7-5-9-14(16)19/h4-11H,12H2,1-3H3. The Morgan fingerprint density at radius 2 is 1.59 bits per heavy atom. The number of hydrogen-bond donors (Lipinski definition) is 0. The largest absolute Gasteiger partial charge is 0.481 e. The maximum absolute atomic E-state index is 12.0. The highest BCUT2D eigenvalue weighted by Gasteiger charge is 2.20. The number of hydrogen-bond acceptors (Lipinski definition) is 3. The van der Waals surface area contributed by atoms with Crippen molar-refractivity contribution in [2.24, 2.45) is 0 Å². The van der Waals surface area contributed by atoms with Crippen molar-refractivity contribution in [3.63, 3.8) is 0 Å². The van der Waals surface area contributed by atoms with E-state index in [1.807, 2.05) is 36.4 Å². The highest BCUT2D eigenvalue weighted by Crippen LogP contribution is 2.31. The Balaban J connectivity index is 2.03. The van der Waals surface area contributed by atoms with Crippen molar-refractivity contribution >= 4 is 21.9 Å². The summed E-state index contributed by atoms with van der Waals surface area (Å²) in [5, 5.41) is 0. The Morgan fingerprint density at radius 3 is 2.23 bits per heavy atom. The molecule has 0 fully saturated rings. The molecule has 0 heterocycles. The Bertz CT molecular complexity index is 659. The number of ether oxygens (including phenoxy) is 2. The first-order valence-electron chi connectivity index (χ1n) is 7.05. The van der Waals surface area contributed by atoms with E-state index in [4.69, 9.17) is 9.47 Å². The molecular formula is C18H19BrO3. The monoisotopic (exact) mass is 362 g/mol. The predicted octanol–water partition coefficient (Wildman–Crippen LogP) is 4.73. The van der Waals surface area contributed by atoms with Gasteiger partial charge in [0.2, 0.25) is 0 Å². The number of esters is 1. The summed E-state index contributed by atoms with van der Waals surface area (Å²) in [5.74, 6) is 0.770. The van der Waals surface area contributed by atoms with Crippen LogP contribution >= 0.6 is 15.9 Å². The van der Waals surface area contributed by atoms with Crippen molar-refractivity contribution in [1.29, 1.82) is 0 Å². The maximum atomic E-state index is 12.0. The first kappa shape index (κ1) is 16.6. The smallest absolute Gasteiger partial charge is 0.349 e. The second-order valence-corrected chi connectivity index (χ2v) is 6.79. The average molecular weight is 363 g/mol. The van der Waals surface area contributed by atoms with E-state index < -0.39 is 5.97 Å². The minimum atomic E-state index is -0.424. The molecule has 0 aliphatic rings. The Morgan fingerprint density at radius 1 is 1.00 bits per heavy atom. The summed E-state index contributed by atoms with van der Waals surface area (Å²) in [7, 11) is 0. The molecule has 2 rings (SSSR count). The molecule has 0 saturated heterocycles. The van der Waals surface area contributed by atoms with Gasteiger partial charge in [-0.1, -0.05) is 51.1 Å². The molecule has 0 amide bonds. The minimum absolute atomic E-state index is 0.0970. The second-order valence-electron chi connectivity index (χ2n) is 5.94. The molecule has 3 nitrogen and oxygen atoms in total. The molecule has 0 aliphatic heterocycles. The third-order valence-corrected chi connectivity index (χ3v) is 3.76. The lowest BCUT2D eigenvalue weighted by atomic mass is 9.86. The normalized spacial score (nSPS) is 11.1. The summed E-state index contributed by atoms with van der Waals surface area (Å²) in [4.78, 5) is 12.0. The van der Waals surface area contributed by atoms with Gasteiger partial charge in [-0.15, -0.1) is 0 Å². The van der Waals surface area contributed by atoms with E-state index in [0.717, 1.165) is 10.0 Å². The van der Waals surface area contributed by atoms with E-state index in [1.54, 1.807) is 12.1 Å². The van der Waals surface area contributed by atoms with E-state index in [2.05, 4.69) is 36.7 Å². The van der Waals surface area contributed by atoms with Crippen LogP contribution in [0.25, 0.3) is 0 Å². The van der Waals surface area contributed by atoms with Crippen LogP contribution in [0.3, 0.4) is 0 Å². The van der Waals surface area contributed by atoms with Crippen molar-refractivity contribution in [2.75, 3.05) is 6.61 Å². The van der Waals surface area contributed by atoms with Gasteiger partial charge < -0.3 is 9.47 Å². The van der Waals surface area contributed by atoms with E-state index in [1.165, 1.54) is 0 Å². The summed E-state index contributed by atoms with van der Waals surface area (Å²) in [6, 6.07) is 14.9. The molecule has 2 aromatic carbocycles. The highest BCUT2D eigenvalue weighted by atomic mass is 79.9. The van der Waals surface area contributed by atoms with Crippen molar-refractivity contribution in [1.82, 2.24) is 0 Å². The molecule has 0 radical (unpaired) electrons. The van der Waals surface area contributed by atoms with Gasteiger partial charge in [0.15, 0.2) is 6.61 Å². The van der Waals surface area contributed by atoms with E-state index in [9.17, 15) is 4.79 Å². The van der Waals surface area contributed by atoms with Gasteiger partial charge >= 0.3 is 5.97 Å². The van der Waals surface area contributed by atoms with Gasteiger partial charge in [0, 0.05) is 5.56 Å². The third-order valence-electron chi connectivity index (χ3n) is 3.10. The fraction of sp³-hybridized carbons (Fsp3) is 0.278. The highest BCUT2D eigenvalue weighted by molar-refractivity contribution is 9.10. The second kappa shape index (κ2) is 6.97. The van der Waals surface area contributed by atoms with Crippen molar-refractivity contribution in [2.45, 2.75) is 26.2 Å². The van der Waals surface area contributed by atoms with Crippen LogP contribution in [0.15, 0.2) is 53.0 Å². The zero-order chi connectivity index (χ0) is 16.2. The topological polar surface area (TPSA) is 35.5 Å². The zero-order valence-electron chi connectivity index (χ0n) is 12.9. The van der Waals surface area contributed by atoms with Crippen LogP contribution in [-0.4, -0.2) is 12.6 Å². The van der Waals surface area contributed by atoms with Gasteiger partial charge in [0.25, 0.3) is 0 Å². The summed E-state index contributed by atoms with van der Waals surface area (Å²) >= 11 is 3.37. The Hall–Kier alpha value is -1.81. The molecule has 0 unspecified atom stereocenters. The summed E-state index contributed by atoms with van der Waals surface area (Å²) in [6.45, 7) is 6.10. The molecule has 0 bridgehead atoms. The molecule has 0 aromatic heterocycles. The lowest BCUT2D eigenvalue weighted by molar-refractivity contribution is -0.136. The number of halogens is 1. The lowest BCUT2D eigenvalue weighted by Crippen LogP contribution is -2.20. The van der Waals surface area contributed by atoms with E-state index in [0.29, 0.717) is 11.5 Å². The summed E-state index contributed by atoms with van der Waals surface area (Å²) in [5.41, 5.74) is 0.893. The van der Waals surface area contributed by atoms with Crippen molar-refractivity contribution < 1.29 is 14.3 Å². The van der Waals surface area contributed by atoms with Crippen molar-refractivity contribution in [3.05, 3.63) is 58.6 Å². The van der Waals surface area contributed by atoms with Crippen LogP contribution in [-0.2, 0) is 10.2 Å². The van der Waals surface area contributed by atoms with Gasteiger partial charge in [-0.25, -0.2) is 4.79 Å². The SMILES string of the molecule is CC(C)(C)c1ccccc1OC(=O)COc1ccccc1Br. The van der Waals surface area contributed by atoms with Gasteiger partial charge in [-0.3, -0.25) is 0 Å². The predicted molar refractivity (Wildman–Crippen MR) is 90.4 cm³/mol. The van der Waals surface area contributed by atoms with Crippen LogP contribution < -0.4 is 9.47 Å². The van der Waals surface area contributed by atoms with Crippen LogP contribution in [0, 0.1) is 0 Å². The first-order valence-corrected chi connectivity index (χ1v) is 7.85. The van der Waals surface area contributed by atoms with Gasteiger partial charge in [0.05, 0.1) is 4.47 Å². The fourth-order valence-corrected chi connectivity index (χ4v) is 2.43. The number of carbonyl (C=O) groups is 1. The fourth-order valence-electron chi connectivity index (χ4n) is 2.03. The lowest BCUT2D eigenvalue weighted by Gasteiger charge is -2.22. The molecule has 0 saturated carbocycles. The van der Waals surface area contributed by atoms with Crippen LogP contribution in [0.5, 0.6) is 11.5 Å². The van der Waals surface area contributed by atoms with E-state index in [-0.39, 0.29) is 12.0 Å². The molecule has 0 atom stereocenters. The number of carbonyl (C=O) groups excluding carboxylic acids is 1. The van der Waals surface area contributed by atoms with Crippen LogP contribution in [0.4, 0.5) is 0 Å².